The van der Waals surface area contributed by atoms with Crippen LogP contribution >= 0.6 is 23.2 Å². The van der Waals surface area contributed by atoms with Crippen LogP contribution in [0.15, 0.2) is 29.2 Å². The minimum absolute atomic E-state index is 0.0795. The van der Waals surface area contributed by atoms with Gasteiger partial charge in [-0.15, -0.1) is 23.2 Å². The summed E-state index contributed by atoms with van der Waals surface area (Å²) in [5, 5.41) is 7.41. The van der Waals surface area contributed by atoms with Gasteiger partial charge < -0.3 is 10.1 Å². The average Bonchev–Trinajstić information content (AvgIpc) is 2.96. The van der Waals surface area contributed by atoms with Crippen LogP contribution in [0.1, 0.15) is 13.3 Å². The van der Waals surface area contributed by atoms with Crippen molar-refractivity contribution >= 4 is 50.8 Å². The molecule has 0 saturated heterocycles. The molecule has 0 aliphatic heterocycles. The first-order valence-electron chi connectivity index (χ1n) is 6.43. The van der Waals surface area contributed by atoms with E-state index in [0.717, 1.165) is 0 Å². The van der Waals surface area contributed by atoms with Crippen molar-refractivity contribution in [2.24, 2.45) is 10.6 Å². The molecule has 1 atom stereocenters. The van der Waals surface area contributed by atoms with Crippen molar-refractivity contribution in [2.75, 3.05) is 11.9 Å². The number of hydrogen-bond donors (Lipinski definition) is 2. The minimum atomic E-state index is -3.80. The molecule has 3 N–H and O–H groups in total. The summed E-state index contributed by atoms with van der Waals surface area (Å²) in [5.41, 5.74) is -0.673. The number of alkyl halides is 2. The Labute approximate surface area is 143 Å². The zero-order valence-corrected chi connectivity index (χ0v) is 14.3. The fourth-order valence-corrected chi connectivity index (χ4v) is 3.04. The number of benzene rings is 1. The molecule has 0 unspecified atom stereocenters. The zero-order chi connectivity index (χ0) is 17.5. The van der Waals surface area contributed by atoms with Crippen molar-refractivity contribution in [3.8, 4) is 0 Å². The van der Waals surface area contributed by atoms with Gasteiger partial charge in [-0.25, -0.2) is 13.6 Å². The summed E-state index contributed by atoms with van der Waals surface area (Å²) in [6.45, 7) is 1.05. The Kier molecular flexibility index (Phi) is 4.64. The lowest BCUT2D eigenvalue weighted by Gasteiger charge is -2.12. The number of primary sulfonamides is 1. The van der Waals surface area contributed by atoms with E-state index in [4.69, 9.17) is 33.1 Å². The molecule has 1 saturated carbocycles. The van der Waals surface area contributed by atoms with Crippen LogP contribution in [0.25, 0.3) is 0 Å². The maximum atomic E-state index is 11.8. The Morgan fingerprint density at radius 2 is 1.83 bits per heavy atom. The van der Waals surface area contributed by atoms with Gasteiger partial charge in [0.25, 0.3) is 5.91 Å². The Hall–Kier alpha value is -1.35. The number of carbonyl (C=O) groups excluding carboxylic acids is 2. The van der Waals surface area contributed by atoms with E-state index in [0.29, 0.717) is 5.69 Å². The van der Waals surface area contributed by atoms with Gasteiger partial charge in [0.05, 0.1) is 4.90 Å². The lowest BCUT2D eigenvalue weighted by molar-refractivity contribution is -0.152. The second kappa shape index (κ2) is 5.94. The molecule has 23 heavy (non-hydrogen) atoms. The first kappa shape index (κ1) is 18.0. The van der Waals surface area contributed by atoms with E-state index in [-0.39, 0.29) is 11.3 Å². The standard InChI is InChI=1S/C13H14Cl2N2O5S/c1-12(7-13(12,14)15)11(19)22-6-10(18)17-8-2-4-9(5-3-8)23(16,20)21/h2-5H,6-7H2,1H3,(H,17,18)(H2,16,20,21)/t12-/m0/s1. The highest BCUT2D eigenvalue weighted by Crippen LogP contribution is 2.64. The van der Waals surface area contributed by atoms with Gasteiger partial charge >= 0.3 is 5.97 Å². The predicted molar refractivity (Wildman–Crippen MR) is 84.6 cm³/mol. The smallest absolute Gasteiger partial charge is 0.315 e. The first-order chi connectivity index (χ1) is 10.5. The van der Waals surface area contributed by atoms with Crippen molar-refractivity contribution in [1.82, 2.24) is 0 Å². The molecule has 1 aliphatic rings. The molecule has 0 radical (unpaired) electrons. The molecule has 1 amide bonds. The largest absolute Gasteiger partial charge is 0.455 e. The molecular weight excluding hydrogens is 367 g/mol. The van der Waals surface area contributed by atoms with Gasteiger partial charge in [-0.1, -0.05) is 0 Å². The highest BCUT2D eigenvalue weighted by atomic mass is 35.5. The molecular formula is C13H14Cl2N2O5S. The van der Waals surface area contributed by atoms with E-state index in [2.05, 4.69) is 5.32 Å². The molecule has 126 valence electrons. The van der Waals surface area contributed by atoms with Gasteiger partial charge in [0.1, 0.15) is 9.75 Å². The average molecular weight is 381 g/mol. The third kappa shape index (κ3) is 3.95. The normalized spacial score (nSPS) is 22.3. The zero-order valence-electron chi connectivity index (χ0n) is 12.0. The highest BCUT2D eigenvalue weighted by molar-refractivity contribution is 7.89. The van der Waals surface area contributed by atoms with E-state index in [9.17, 15) is 18.0 Å². The van der Waals surface area contributed by atoms with Crippen molar-refractivity contribution in [3.05, 3.63) is 24.3 Å². The molecule has 2 rings (SSSR count). The number of rotatable bonds is 5. The number of carbonyl (C=O) groups is 2. The van der Waals surface area contributed by atoms with Crippen LogP contribution in [-0.2, 0) is 24.3 Å². The fourth-order valence-electron chi connectivity index (χ4n) is 1.84. The minimum Gasteiger partial charge on any atom is -0.455 e. The molecule has 7 nitrogen and oxygen atoms in total. The van der Waals surface area contributed by atoms with Gasteiger partial charge in [0.15, 0.2) is 6.61 Å². The lowest BCUT2D eigenvalue weighted by Crippen LogP contribution is -2.26. The molecule has 0 aromatic heterocycles. The first-order valence-corrected chi connectivity index (χ1v) is 8.74. The molecule has 0 spiro atoms. The van der Waals surface area contributed by atoms with Crippen LogP contribution in [-0.4, -0.2) is 31.2 Å². The number of anilines is 1. The Bertz CT molecular complexity index is 748. The van der Waals surface area contributed by atoms with E-state index in [1.165, 1.54) is 24.3 Å². The summed E-state index contributed by atoms with van der Waals surface area (Å²) in [6, 6.07) is 5.23. The van der Waals surface area contributed by atoms with Gasteiger partial charge in [0, 0.05) is 12.1 Å². The van der Waals surface area contributed by atoms with Crippen LogP contribution in [0.2, 0.25) is 0 Å². The number of hydrogen-bond acceptors (Lipinski definition) is 5. The van der Waals surface area contributed by atoms with Crippen LogP contribution < -0.4 is 10.5 Å². The third-order valence-electron chi connectivity index (χ3n) is 3.51. The van der Waals surface area contributed by atoms with Crippen molar-refractivity contribution in [1.29, 1.82) is 0 Å². The number of halogens is 2. The summed E-state index contributed by atoms with van der Waals surface area (Å²) in [6.07, 6.45) is 0.262. The van der Waals surface area contributed by atoms with E-state index < -0.39 is 38.3 Å². The van der Waals surface area contributed by atoms with Crippen LogP contribution in [0.5, 0.6) is 0 Å². The quantitative estimate of drug-likeness (QED) is 0.591. The lowest BCUT2D eigenvalue weighted by atomic mass is 10.1. The van der Waals surface area contributed by atoms with Crippen LogP contribution in [0, 0.1) is 5.41 Å². The Morgan fingerprint density at radius 1 is 1.30 bits per heavy atom. The van der Waals surface area contributed by atoms with E-state index in [1.807, 2.05) is 0 Å². The SMILES string of the molecule is C[C@@]1(C(=O)OCC(=O)Nc2ccc(S(N)(=O)=O)cc2)CC1(Cl)Cl. The van der Waals surface area contributed by atoms with Gasteiger partial charge in [-0.05, 0) is 31.2 Å². The summed E-state index contributed by atoms with van der Waals surface area (Å²) >= 11 is 11.7. The van der Waals surface area contributed by atoms with Crippen LogP contribution in [0.4, 0.5) is 5.69 Å². The van der Waals surface area contributed by atoms with Crippen molar-refractivity contribution in [3.63, 3.8) is 0 Å². The number of ether oxygens (including phenoxy) is 1. The molecule has 0 bridgehead atoms. The third-order valence-corrected chi connectivity index (χ3v) is 5.54. The fraction of sp³-hybridized carbons (Fsp3) is 0.385. The highest BCUT2D eigenvalue weighted by Gasteiger charge is 2.69. The topological polar surface area (TPSA) is 116 Å². The summed E-state index contributed by atoms with van der Waals surface area (Å²) < 4.78 is 25.9. The number of esters is 1. The van der Waals surface area contributed by atoms with Crippen molar-refractivity contribution in [2.45, 2.75) is 22.6 Å². The number of amides is 1. The maximum Gasteiger partial charge on any atom is 0.315 e. The molecule has 1 fully saturated rings. The second-order valence-corrected chi connectivity index (χ2v) is 8.45. The van der Waals surface area contributed by atoms with Gasteiger partial charge in [-0.2, -0.15) is 0 Å². The maximum absolute atomic E-state index is 11.8. The summed E-state index contributed by atoms with van der Waals surface area (Å²) in [5.74, 6) is -1.23. The summed E-state index contributed by atoms with van der Waals surface area (Å²) in [4.78, 5) is 23.4. The van der Waals surface area contributed by atoms with E-state index >= 15 is 0 Å². The second-order valence-electron chi connectivity index (χ2n) is 5.41. The van der Waals surface area contributed by atoms with Gasteiger partial charge in [0.2, 0.25) is 10.0 Å². The predicted octanol–water partition coefficient (Wildman–Crippen LogP) is 1.40. The molecule has 1 aliphatic carbocycles. The van der Waals surface area contributed by atoms with Crippen molar-refractivity contribution < 1.29 is 22.7 Å². The molecule has 10 heteroatoms. The molecule has 1 aromatic rings. The number of nitrogens with two attached hydrogens (primary N) is 1. The Morgan fingerprint density at radius 3 is 2.26 bits per heavy atom. The van der Waals surface area contributed by atoms with Crippen LogP contribution in [0.3, 0.4) is 0 Å². The number of nitrogens with one attached hydrogen (secondary N) is 1. The molecule has 1 aromatic carbocycles. The molecule has 0 heterocycles. The van der Waals surface area contributed by atoms with E-state index in [1.54, 1.807) is 6.92 Å². The Balaban J connectivity index is 1.87. The number of sulfonamides is 1. The monoisotopic (exact) mass is 380 g/mol. The summed E-state index contributed by atoms with van der Waals surface area (Å²) in [7, 11) is -3.80. The van der Waals surface area contributed by atoms with Gasteiger partial charge in [-0.3, -0.25) is 9.59 Å².